The molecule has 1 aliphatic heterocycles. The van der Waals surface area contributed by atoms with E-state index in [-0.39, 0.29) is 19.0 Å². The summed E-state index contributed by atoms with van der Waals surface area (Å²) in [7, 11) is 0. The Labute approximate surface area is 86.4 Å². The quantitative estimate of drug-likeness (QED) is 0.758. The van der Waals surface area contributed by atoms with Gasteiger partial charge in [0, 0.05) is 11.1 Å². The first-order valence-electron chi connectivity index (χ1n) is 4.61. The highest BCUT2D eigenvalue weighted by atomic mass is 19.1. The Morgan fingerprint density at radius 3 is 3.07 bits per heavy atom. The van der Waals surface area contributed by atoms with Crippen molar-refractivity contribution >= 4 is 0 Å². The summed E-state index contributed by atoms with van der Waals surface area (Å²) in [6.07, 6.45) is 0. The molecule has 1 heterocycles. The van der Waals surface area contributed by atoms with Crippen LogP contribution in [0.5, 0.6) is 5.75 Å². The Morgan fingerprint density at radius 1 is 1.53 bits per heavy atom. The maximum absolute atomic E-state index is 13.5. The van der Waals surface area contributed by atoms with E-state index in [0.29, 0.717) is 17.9 Å². The van der Waals surface area contributed by atoms with Crippen molar-refractivity contribution in [3.05, 3.63) is 29.1 Å². The standard InChI is InChI=1S/C10H12FNO3/c11-8-1-6-4-14-5-15-10(6)2-7(8)9(12)3-13/h1-2,9,13H,3-5,12H2. The normalized spacial score (nSPS) is 16.7. The molecule has 0 saturated carbocycles. The molecule has 0 saturated heterocycles. The number of fused-ring (bicyclic) bond motifs is 1. The van der Waals surface area contributed by atoms with E-state index in [1.807, 2.05) is 0 Å². The third kappa shape index (κ3) is 1.94. The van der Waals surface area contributed by atoms with Crippen molar-refractivity contribution in [2.45, 2.75) is 12.6 Å². The van der Waals surface area contributed by atoms with Crippen LogP contribution in [0.2, 0.25) is 0 Å². The van der Waals surface area contributed by atoms with Gasteiger partial charge in [0.15, 0.2) is 6.79 Å². The zero-order valence-corrected chi connectivity index (χ0v) is 8.07. The number of ether oxygens (including phenoxy) is 2. The minimum absolute atomic E-state index is 0.159. The molecule has 0 bridgehead atoms. The first kappa shape index (κ1) is 10.4. The second kappa shape index (κ2) is 4.14. The molecule has 1 aliphatic rings. The van der Waals surface area contributed by atoms with E-state index < -0.39 is 11.9 Å². The van der Waals surface area contributed by atoms with E-state index in [1.165, 1.54) is 12.1 Å². The third-order valence-corrected chi connectivity index (χ3v) is 2.33. The first-order valence-corrected chi connectivity index (χ1v) is 4.61. The zero-order chi connectivity index (χ0) is 10.8. The molecule has 4 nitrogen and oxygen atoms in total. The summed E-state index contributed by atoms with van der Waals surface area (Å²) in [5.74, 6) is 0.131. The summed E-state index contributed by atoms with van der Waals surface area (Å²) in [4.78, 5) is 0. The van der Waals surface area contributed by atoms with Crippen LogP contribution in [-0.4, -0.2) is 18.5 Å². The second-order valence-corrected chi connectivity index (χ2v) is 3.38. The van der Waals surface area contributed by atoms with Crippen molar-refractivity contribution in [3.63, 3.8) is 0 Å². The lowest BCUT2D eigenvalue weighted by Gasteiger charge is -2.20. The van der Waals surface area contributed by atoms with E-state index >= 15 is 0 Å². The molecule has 2 rings (SSSR count). The van der Waals surface area contributed by atoms with Crippen molar-refractivity contribution in [1.29, 1.82) is 0 Å². The Hall–Kier alpha value is -1.17. The van der Waals surface area contributed by atoms with Crippen molar-refractivity contribution in [2.24, 2.45) is 5.73 Å². The predicted molar refractivity (Wildman–Crippen MR) is 50.7 cm³/mol. The van der Waals surface area contributed by atoms with Crippen LogP contribution in [0.3, 0.4) is 0 Å². The van der Waals surface area contributed by atoms with Crippen LogP contribution in [0, 0.1) is 5.82 Å². The van der Waals surface area contributed by atoms with Crippen molar-refractivity contribution in [3.8, 4) is 5.75 Å². The first-order chi connectivity index (χ1) is 7.22. The number of nitrogens with two attached hydrogens (primary N) is 1. The van der Waals surface area contributed by atoms with Gasteiger partial charge in [-0.25, -0.2) is 4.39 Å². The Morgan fingerprint density at radius 2 is 2.33 bits per heavy atom. The number of benzene rings is 1. The third-order valence-electron chi connectivity index (χ3n) is 2.33. The van der Waals surface area contributed by atoms with Gasteiger partial charge < -0.3 is 20.3 Å². The summed E-state index contributed by atoms with van der Waals surface area (Å²) in [5.41, 5.74) is 6.47. The number of hydrogen-bond donors (Lipinski definition) is 2. The van der Waals surface area contributed by atoms with Crippen LogP contribution in [0.1, 0.15) is 17.2 Å². The van der Waals surface area contributed by atoms with Crippen LogP contribution in [-0.2, 0) is 11.3 Å². The van der Waals surface area contributed by atoms with E-state index in [1.54, 1.807) is 0 Å². The number of aliphatic hydroxyl groups excluding tert-OH is 1. The lowest BCUT2D eigenvalue weighted by atomic mass is 10.0. The Balaban J connectivity index is 2.40. The van der Waals surface area contributed by atoms with Crippen LogP contribution >= 0.6 is 0 Å². The van der Waals surface area contributed by atoms with E-state index in [4.69, 9.17) is 20.3 Å². The van der Waals surface area contributed by atoms with Crippen molar-refractivity contribution < 1.29 is 19.0 Å². The molecular weight excluding hydrogens is 201 g/mol. The minimum atomic E-state index is -0.721. The number of halogens is 1. The monoisotopic (exact) mass is 213 g/mol. The summed E-state index contributed by atoms with van der Waals surface area (Å²) in [6, 6.07) is 2.13. The molecule has 0 radical (unpaired) electrons. The molecule has 0 aliphatic carbocycles. The van der Waals surface area contributed by atoms with Crippen molar-refractivity contribution in [1.82, 2.24) is 0 Å². The number of aliphatic hydroxyl groups is 1. The molecule has 1 aromatic carbocycles. The summed E-state index contributed by atoms with van der Waals surface area (Å²) in [6.45, 7) is 0.194. The molecule has 3 N–H and O–H groups in total. The largest absolute Gasteiger partial charge is 0.467 e. The summed E-state index contributed by atoms with van der Waals surface area (Å²) >= 11 is 0. The van der Waals surface area contributed by atoms with Crippen LogP contribution in [0.4, 0.5) is 4.39 Å². The van der Waals surface area contributed by atoms with Gasteiger partial charge in [0.25, 0.3) is 0 Å². The van der Waals surface area contributed by atoms with Gasteiger partial charge >= 0.3 is 0 Å². The van der Waals surface area contributed by atoms with Gasteiger partial charge in [-0.15, -0.1) is 0 Å². The molecule has 0 aromatic heterocycles. The maximum atomic E-state index is 13.5. The molecule has 1 aromatic rings. The molecule has 1 unspecified atom stereocenters. The predicted octanol–water partition coefficient (Wildman–Crippen LogP) is 0.684. The minimum Gasteiger partial charge on any atom is -0.467 e. The molecule has 1 atom stereocenters. The fraction of sp³-hybridized carbons (Fsp3) is 0.400. The van der Waals surface area contributed by atoms with Gasteiger partial charge in [-0.05, 0) is 12.1 Å². The number of rotatable bonds is 2. The fourth-order valence-electron chi connectivity index (χ4n) is 1.50. The lowest BCUT2D eigenvalue weighted by Crippen LogP contribution is -2.18. The molecule has 15 heavy (non-hydrogen) atoms. The average molecular weight is 213 g/mol. The average Bonchev–Trinajstić information content (AvgIpc) is 2.27. The molecule has 0 fully saturated rings. The lowest BCUT2D eigenvalue weighted by molar-refractivity contribution is -0.0167. The second-order valence-electron chi connectivity index (χ2n) is 3.38. The van der Waals surface area contributed by atoms with Crippen molar-refractivity contribution in [2.75, 3.05) is 13.4 Å². The molecule has 0 amide bonds. The van der Waals surface area contributed by atoms with Crippen LogP contribution in [0.25, 0.3) is 0 Å². The van der Waals surface area contributed by atoms with Gasteiger partial charge in [0.1, 0.15) is 11.6 Å². The fourth-order valence-corrected chi connectivity index (χ4v) is 1.50. The number of hydrogen-bond acceptors (Lipinski definition) is 4. The summed E-state index contributed by atoms with van der Waals surface area (Å²) < 4.78 is 23.7. The smallest absolute Gasteiger partial charge is 0.189 e. The summed E-state index contributed by atoms with van der Waals surface area (Å²) in [5, 5.41) is 8.86. The SMILES string of the molecule is NC(CO)c1cc2c(cc1F)COCO2. The van der Waals surface area contributed by atoms with Crippen LogP contribution < -0.4 is 10.5 Å². The van der Waals surface area contributed by atoms with Gasteiger partial charge in [-0.3, -0.25) is 0 Å². The topological polar surface area (TPSA) is 64.7 Å². The van der Waals surface area contributed by atoms with E-state index in [0.717, 1.165) is 0 Å². The molecule has 82 valence electrons. The highest BCUT2D eigenvalue weighted by molar-refractivity contribution is 5.40. The zero-order valence-electron chi connectivity index (χ0n) is 8.07. The highest BCUT2D eigenvalue weighted by Crippen LogP contribution is 2.29. The van der Waals surface area contributed by atoms with Gasteiger partial charge in [0.2, 0.25) is 0 Å². The Kier molecular flexibility index (Phi) is 2.86. The highest BCUT2D eigenvalue weighted by Gasteiger charge is 2.18. The van der Waals surface area contributed by atoms with Gasteiger partial charge in [-0.1, -0.05) is 0 Å². The molecule has 0 spiro atoms. The molecule has 5 heteroatoms. The van der Waals surface area contributed by atoms with E-state index in [9.17, 15) is 4.39 Å². The van der Waals surface area contributed by atoms with E-state index in [2.05, 4.69) is 0 Å². The van der Waals surface area contributed by atoms with Gasteiger partial charge in [-0.2, -0.15) is 0 Å². The van der Waals surface area contributed by atoms with Crippen LogP contribution in [0.15, 0.2) is 12.1 Å². The Bertz CT molecular complexity index is 370. The van der Waals surface area contributed by atoms with Gasteiger partial charge in [0.05, 0.1) is 19.3 Å². The maximum Gasteiger partial charge on any atom is 0.189 e. The molecular formula is C10H12FNO3.